The third-order valence-electron chi connectivity index (χ3n) is 4.60. The molecule has 104 valence electrons. The molecule has 1 atom stereocenters. The Morgan fingerprint density at radius 2 is 1.61 bits per heavy atom. The summed E-state index contributed by atoms with van der Waals surface area (Å²) in [6, 6.07) is 0. The summed E-state index contributed by atoms with van der Waals surface area (Å²) in [7, 11) is 1.69. The van der Waals surface area contributed by atoms with Crippen molar-refractivity contribution in [1.82, 2.24) is 5.32 Å². The second-order valence-electron chi connectivity index (χ2n) is 6.21. The fraction of sp³-hybridized carbons (Fsp3) is 0.812. The van der Waals surface area contributed by atoms with Crippen molar-refractivity contribution in [1.29, 1.82) is 0 Å². The van der Waals surface area contributed by atoms with Gasteiger partial charge in [-0.05, 0) is 56.3 Å². The molecule has 0 aromatic carbocycles. The number of hydrogen-bond acceptors (Lipinski definition) is 1. The number of rotatable bonds is 4. The van der Waals surface area contributed by atoms with Gasteiger partial charge in [0.05, 0.1) is 0 Å². The molecule has 1 N–H and O–H groups in total. The summed E-state index contributed by atoms with van der Waals surface area (Å²) in [6.07, 6.45) is 7.52. The zero-order chi connectivity index (χ0) is 13.7. The highest BCUT2D eigenvalue weighted by atomic mass is 16.1. The summed E-state index contributed by atoms with van der Waals surface area (Å²) in [6.45, 7) is 8.84. The van der Waals surface area contributed by atoms with E-state index in [9.17, 15) is 4.79 Å². The van der Waals surface area contributed by atoms with Crippen molar-refractivity contribution in [2.75, 3.05) is 7.05 Å². The minimum absolute atomic E-state index is 0.0534. The summed E-state index contributed by atoms with van der Waals surface area (Å²) < 4.78 is 0. The van der Waals surface area contributed by atoms with Crippen LogP contribution in [-0.4, -0.2) is 13.0 Å². The van der Waals surface area contributed by atoms with Gasteiger partial charge in [-0.2, -0.15) is 0 Å². The molecular weight excluding hydrogens is 222 g/mol. The Bertz CT molecular complexity index is 298. The SMILES string of the molecule is CNC(=O)/C(C)=C/C(C)C1CCC(C(C)C)CC1. The maximum absolute atomic E-state index is 11.5. The molecule has 1 saturated carbocycles. The van der Waals surface area contributed by atoms with Gasteiger partial charge in [-0.15, -0.1) is 0 Å². The van der Waals surface area contributed by atoms with E-state index in [1.54, 1.807) is 7.05 Å². The molecular formula is C16H29NO. The first-order chi connectivity index (χ1) is 8.45. The minimum atomic E-state index is 0.0534. The number of carbonyl (C=O) groups excluding carboxylic acids is 1. The highest BCUT2D eigenvalue weighted by Gasteiger charge is 2.26. The molecule has 0 bridgehead atoms. The van der Waals surface area contributed by atoms with Gasteiger partial charge < -0.3 is 5.32 Å². The lowest BCUT2D eigenvalue weighted by molar-refractivity contribution is -0.117. The number of carbonyl (C=O) groups is 1. The van der Waals surface area contributed by atoms with Crippen molar-refractivity contribution >= 4 is 5.91 Å². The zero-order valence-corrected chi connectivity index (χ0v) is 12.6. The zero-order valence-electron chi connectivity index (χ0n) is 12.6. The molecule has 1 aliphatic rings. The van der Waals surface area contributed by atoms with Gasteiger partial charge in [0.25, 0.3) is 0 Å². The van der Waals surface area contributed by atoms with Gasteiger partial charge in [0.1, 0.15) is 0 Å². The topological polar surface area (TPSA) is 29.1 Å². The highest BCUT2D eigenvalue weighted by Crippen LogP contribution is 2.37. The van der Waals surface area contributed by atoms with Crippen LogP contribution >= 0.6 is 0 Å². The fourth-order valence-corrected chi connectivity index (χ4v) is 3.14. The molecule has 1 amide bonds. The van der Waals surface area contributed by atoms with Crippen LogP contribution in [0.2, 0.25) is 0 Å². The number of likely N-dealkylation sites (N-methyl/N-ethyl adjacent to an activating group) is 1. The second kappa shape index (κ2) is 6.96. The second-order valence-corrected chi connectivity index (χ2v) is 6.21. The lowest BCUT2D eigenvalue weighted by Crippen LogP contribution is -2.23. The van der Waals surface area contributed by atoms with Gasteiger partial charge in [-0.3, -0.25) is 4.79 Å². The van der Waals surface area contributed by atoms with Gasteiger partial charge in [-0.1, -0.05) is 26.8 Å². The third-order valence-corrected chi connectivity index (χ3v) is 4.60. The molecule has 1 rings (SSSR count). The largest absolute Gasteiger partial charge is 0.355 e. The molecule has 2 heteroatoms. The molecule has 0 radical (unpaired) electrons. The number of hydrogen-bond donors (Lipinski definition) is 1. The first-order valence-corrected chi connectivity index (χ1v) is 7.36. The normalized spacial score (nSPS) is 27.1. The first kappa shape index (κ1) is 15.3. The predicted octanol–water partition coefficient (Wildman–Crippen LogP) is 3.78. The quantitative estimate of drug-likeness (QED) is 0.757. The van der Waals surface area contributed by atoms with Crippen LogP contribution in [0.15, 0.2) is 11.6 Å². The highest BCUT2D eigenvalue weighted by molar-refractivity contribution is 5.92. The van der Waals surface area contributed by atoms with Crippen LogP contribution in [0.1, 0.15) is 53.4 Å². The summed E-state index contributed by atoms with van der Waals surface area (Å²) in [5.41, 5.74) is 0.857. The van der Waals surface area contributed by atoms with Gasteiger partial charge in [-0.25, -0.2) is 0 Å². The molecule has 0 aromatic rings. The Balaban J connectivity index is 2.50. The van der Waals surface area contributed by atoms with Crippen LogP contribution in [0.4, 0.5) is 0 Å². The molecule has 1 unspecified atom stereocenters. The summed E-state index contributed by atoms with van der Waals surface area (Å²) >= 11 is 0. The van der Waals surface area contributed by atoms with Crippen molar-refractivity contribution in [3.8, 4) is 0 Å². The standard InChI is InChI=1S/C16H29NO/c1-11(2)14-6-8-15(9-7-14)12(3)10-13(4)16(18)17-5/h10-12,14-15H,6-9H2,1-5H3,(H,17,18)/b13-10+. The van der Waals surface area contributed by atoms with Crippen molar-refractivity contribution < 1.29 is 4.79 Å². The van der Waals surface area contributed by atoms with Gasteiger partial charge in [0.2, 0.25) is 5.91 Å². The van der Waals surface area contributed by atoms with E-state index in [1.165, 1.54) is 25.7 Å². The van der Waals surface area contributed by atoms with Crippen LogP contribution in [0.5, 0.6) is 0 Å². The molecule has 0 aromatic heterocycles. The summed E-state index contributed by atoms with van der Waals surface area (Å²) in [5, 5.41) is 2.69. The van der Waals surface area contributed by atoms with E-state index in [4.69, 9.17) is 0 Å². The van der Waals surface area contributed by atoms with Crippen molar-refractivity contribution in [3.63, 3.8) is 0 Å². The Hall–Kier alpha value is -0.790. The lowest BCUT2D eigenvalue weighted by Gasteiger charge is -2.33. The molecule has 1 aliphatic carbocycles. The fourth-order valence-electron chi connectivity index (χ4n) is 3.14. The summed E-state index contributed by atoms with van der Waals surface area (Å²) in [5.74, 6) is 3.08. The van der Waals surface area contributed by atoms with Crippen LogP contribution in [0.25, 0.3) is 0 Å². The van der Waals surface area contributed by atoms with E-state index in [0.29, 0.717) is 5.92 Å². The number of allylic oxidation sites excluding steroid dienone is 1. The average Bonchev–Trinajstić information content (AvgIpc) is 2.37. The third kappa shape index (κ3) is 4.15. The van der Waals surface area contributed by atoms with E-state index in [1.807, 2.05) is 6.92 Å². The maximum Gasteiger partial charge on any atom is 0.246 e. The Morgan fingerprint density at radius 1 is 1.11 bits per heavy atom. The molecule has 18 heavy (non-hydrogen) atoms. The molecule has 0 spiro atoms. The lowest BCUT2D eigenvalue weighted by atomic mass is 9.73. The molecule has 0 saturated heterocycles. The summed E-state index contributed by atoms with van der Waals surface area (Å²) in [4.78, 5) is 11.5. The Labute approximate surface area is 112 Å². The van der Waals surface area contributed by atoms with Crippen LogP contribution < -0.4 is 5.32 Å². The van der Waals surface area contributed by atoms with E-state index in [0.717, 1.165) is 23.3 Å². The van der Waals surface area contributed by atoms with Crippen molar-refractivity contribution in [2.45, 2.75) is 53.4 Å². The van der Waals surface area contributed by atoms with Crippen molar-refractivity contribution in [3.05, 3.63) is 11.6 Å². The van der Waals surface area contributed by atoms with Crippen LogP contribution in [-0.2, 0) is 4.79 Å². The maximum atomic E-state index is 11.5. The number of amides is 1. The molecule has 2 nitrogen and oxygen atoms in total. The number of nitrogens with one attached hydrogen (secondary N) is 1. The molecule has 0 heterocycles. The smallest absolute Gasteiger partial charge is 0.246 e. The van der Waals surface area contributed by atoms with Crippen molar-refractivity contribution in [2.24, 2.45) is 23.7 Å². The van der Waals surface area contributed by atoms with E-state index in [2.05, 4.69) is 32.2 Å². The first-order valence-electron chi connectivity index (χ1n) is 7.36. The predicted molar refractivity (Wildman–Crippen MR) is 77.3 cm³/mol. The van der Waals surface area contributed by atoms with Gasteiger partial charge in [0.15, 0.2) is 0 Å². The molecule has 0 aliphatic heterocycles. The van der Waals surface area contributed by atoms with E-state index >= 15 is 0 Å². The minimum Gasteiger partial charge on any atom is -0.355 e. The van der Waals surface area contributed by atoms with Crippen LogP contribution in [0, 0.1) is 23.7 Å². The Morgan fingerprint density at radius 3 is 2.06 bits per heavy atom. The van der Waals surface area contributed by atoms with Gasteiger partial charge in [0, 0.05) is 12.6 Å². The van der Waals surface area contributed by atoms with E-state index in [-0.39, 0.29) is 5.91 Å². The molecule has 1 fully saturated rings. The Kier molecular flexibility index (Phi) is 5.90. The monoisotopic (exact) mass is 251 g/mol. The van der Waals surface area contributed by atoms with Gasteiger partial charge >= 0.3 is 0 Å². The van der Waals surface area contributed by atoms with E-state index < -0.39 is 0 Å². The van der Waals surface area contributed by atoms with Crippen LogP contribution in [0.3, 0.4) is 0 Å². The average molecular weight is 251 g/mol.